The fourth-order valence-electron chi connectivity index (χ4n) is 2.62. The molecule has 1 heterocycles. The lowest BCUT2D eigenvalue weighted by atomic mass is 10.1. The Kier molecular flexibility index (Phi) is 5.54. The Bertz CT molecular complexity index is 521. The summed E-state index contributed by atoms with van der Waals surface area (Å²) < 4.78 is 0. The first-order valence-corrected chi connectivity index (χ1v) is 7.83. The van der Waals surface area contributed by atoms with E-state index in [-0.39, 0.29) is 23.8 Å². The molecule has 1 aromatic rings. The van der Waals surface area contributed by atoms with Gasteiger partial charge >= 0.3 is 0 Å². The maximum absolute atomic E-state index is 11.4. The Hall–Kier alpha value is -1.89. The minimum atomic E-state index is -0.549. The molecule has 1 aromatic heterocycles. The highest BCUT2D eigenvalue weighted by atomic mass is 16.3. The van der Waals surface area contributed by atoms with Crippen LogP contribution in [-0.2, 0) is 0 Å². The van der Waals surface area contributed by atoms with Gasteiger partial charge in [-0.3, -0.25) is 4.79 Å². The van der Waals surface area contributed by atoms with Gasteiger partial charge in [-0.1, -0.05) is 0 Å². The Morgan fingerprint density at radius 3 is 2.82 bits per heavy atom. The number of hydrogen-bond donors (Lipinski definition) is 4. The molecule has 7 heteroatoms. The molecule has 5 N–H and O–H groups in total. The van der Waals surface area contributed by atoms with E-state index in [1.807, 2.05) is 13.8 Å². The fourth-order valence-corrected chi connectivity index (χ4v) is 2.62. The van der Waals surface area contributed by atoms with Crippen LogP contribution in [0.5, 0.6) is 0 Å². The quantitative estimate of drug-likeness (QED) is 0.613. The Morgan fingerprint density at radius 1 is 1.36 bits per heavy atom. The number of primary amides is 1. The summed E-state index contributed by atoms with van der Waals surface area (Å²) in [4.78, 5) is 20.0. The largest absolute Gasteiger partial charge is 0.393 e. The van der Waals surface area contributed by atoms with Crippen LogP contribution in [0.15, 0.2) is 6.20 Å². The Balaban J connectivity index is 2.12. The number of nitrogens with two attached hydrogens (primary N) is 1. The van der Waals surface area contributed by atoms with E-state index in [0.29, 0.717) is 11.8 Å². The van der Waals surface area contributed by atoms with E-state index in [2.05, 4.69) is 20.6 Å². The predicted octanol–water partition coefficient (Wildman–Crippen LogP) is 1.50. The summed E-state index contributed by atoms with van der Waals surface area (Å²) >= 11 is 0. The summed E-state index contributed by atoms with van der Waals surface area (Å²) in [7, 11) is 0. The van der Waals surface area contributed by atoms with Gasteiger partial charge in [0, 0.05) is 18.3 Å². The molecule has 0 spiro atoms. The zero-order chi connectivity index (χ0) is 16.1. The maximum Gasteiger partial charge on any atom is 0.254 e. The van der Waals surface area contributed by atoms with Crippen molar-refractivity contribution in [3.63, 3.8) is 0 Å². The standard InChI is InChI=1S/C15H25N5O2/c1-9(2)18-14-12(13(16)22)8-17-15(20-14)19-10-4-3-5-11(21)7-6-10/h8-11,21H,3-7H2,1-2H3,(H2,16,22)(H2,17,18,19,20)/t10-,11+/m0/s1. The summed E-state index contributed by atoms with van der Waals surface area (Å²) in [6.07, 6.45) is 5.72. The van der Waals surface area contributed by atoms with E-state index in [1.165, 1.54) is 6.20 Å². The minimum Gasteiger partial charge on any atom is -0.393 e. The van der Waals surface area contributed by atoms with Crippen LogP contribution in [0, 0.1) is 0 Å². The first-order chi connectivity index (χ1) is 10.5. The van der Waals surface area contributed by atoms with Gasteiger partial charge in [0.25, 0.3) is 5.91 Å². The number of nitrogens with one attached hydrogen (secondary N) is 2. The van der Waals surface area contributed by atoms with Crippen molar-refractivity contribution in [1.82, 2.24) is 9.97 Å². The van der Waals surface area contributed by atoms with Gasteiger partial charge in [0.2, 0.25) is 5.95 Å². The first kappa shape index (κ1) is 16.5. The topological polar surface area (TPSA) is 113 Å². The molecule has 1 amide bonds. The van der Waals surface area contributed by atoms with Gasteiger partial charge in [-0.15, -0.1) is 0 Å². The number of aliphatic hydroxyl groups is 1. The van der Waals surface area contributed by atoms with Crippen LogP contribution in [-0.4, -0.2) is 39.2 Å². The molecule has 1 aliphatic rings. The van der Waals surface area contributed by atoms with Gasteiger partial charge in [0.05, 0.1) is 11.7 Å². The van der Waals surface area contributed by atoms with Crippen molar-refractivity contribution < 1.29 is 9.90 Å². The van der Waals surface area contributed by atoms with Gasteiger partial charge < -0.3 is 21.5 Å². The molecule has 0 aliphatic heterocycles. The molecule has 0 saturated heterocycles. The number of anilines is 2. The Labute approximate surface area is 130 Å². The zero-order valence-electron chi connectivity index (χ0n) is 13.2. The van der Waals surface area contributed by atoms with E-state index >= 15 is 0 Å². The predicted molar refractivity (Wildman–Crippen MR) is 85.8 cm³/mol. The van der Waals surface area contributed by atoms with Gasteiger partial charge in [0.1, 0.15) is 5.82 Å². The van der Waals surface area contributed by atoms with Gasteiger partial charge in [-0.2, -0.15) is 4.98 Å². The molecule has 0 unspecified atom stereocenters. The van der Waals surface area contributed by atoms with Crippen molar-refractivity contribution >= 4 is 17.7 Å². The molecule has 22 heavy (non-hydrogen) atoms. The third-order valence-corrected chi connectivity index (χ3v) is 3.75. The van der Waals surface area contributed by atoms with E-state index in [0.717, 1.165) is 32.1 Å². The number of carbonyl (C=O) groups is 1. The molecule has 2 rings (SSSR count). The molecule has 7 nitrogen and oxygen atoms in total. The van der Waals surface area contributed by atoms with E-state index in [4.69, 9.17) is 5.73 Å². The molecule has 0 radical (unpaired) electrons. The molecule has 0 bridgehead atoms. The van der Waals surface area contributed by atoms with Crippen LogP contribution >= 0.6 is 0 Å². The maximum atomic E-state index is 11.4. The molecule has 1 aliphatic carbocycles. The third-order valence-electron chi connectivity index (χ3n) is 3.75. The summed E-state index contributed by atoms with van der Waals surface area (Å²) in [6, 6.07) is 0.373. The lowest BCUT2D eigenvalue weighted by Crippen LogP contribution is -2.23. The summed E-state index contributed by atoms with van der Waals surface area (Å²) in [6.45, 7) is 3.93. The van der Waals surface area contributed by atoms with Crippen molar-refractivity contribution in [2.45, 2.75) is 64.1 Å². The number of aromatic nitrogens is 2. The summed E-state index contributed by atoms with van der Waals surface area (Å²) in [5.41, 5.74) is 5.64. The van der Waals surface area contributed by atoms with Crippen molar-refractivity contribution in [3.8, 4) is 0 Å². The van der Waals surface area contributed by atoms with E-state index < -0.39 is 5.91 Å². The highest BCUT2D eigenvalue weighted by molar-refractivity contribution is 5.97. The number of hydrogen-bond acceptors (Lipinski definition) is 6. The van der Waals surface area contributed by atoms with Crippen LogP contribution in [0.2, 0.25) is 0 Å². The highest BCUT2D eigenvalue weighted by Gasteiger charge is 2.19. The van der Waals surface area contributed by atoms with Crippen LogP contribution in [0.3, 0.4) is 0 Å². The van der Waals surface area contributed by atoms with Crippen molar-refractivity contribution in [2.24, 2.45) is 5.73 Å². The van der Waals surface area contributed by atoms with Crippen LogP contribution < -0.4 is 16.4 Å². The molecule has 1 saturated carbocycles. The molecule has 2 atom stereocenters. The number of rotatable bonds is 5. The van der Waals surface area contributed by atoms with Crippen molar-refractivity contribution in [3.05, 3.63) is 11.8 Å². The highest BCUT2D eigenvalue weighted by Crippen LogP contribution is 2.21. The molecular weight excluding hydrogens is 282 g/mol. The smallest absolute Gasteiger partial charge is 0.254 e. The van der Waals surface area contributed by atoms with Gasteiger partial charge in [-0.05, 0) is 46.0 Å². The lowest BCUT2D eigenvalue weighted by Gasteiger charge is -2.18. The molecule has 1 fully saturated rings. The van der Waals surface area contributed by atoms with Crippen LogP contribution in [0.4, 0.5) is 11.8 Å². The Morgan fingerprint density at radius 2 is 2.14 bits per heavy atom. The number of amides is 1. The van der Waals surface area contributed by atoms with Gasteiger partial charge in [0.15, 0.2) is 0 Å². The normalized spacial score (nSPS) is 22.2. The average molecular weight is 307 g/mol. The molecule has 0 aromatic carbocycles. The van der Waals surface area contributed by atoms with Crippen molar-refractivity contribution in [2.75, 3.05) is 10.6 Å². The second-order valence-corrected chi connectivity index (χ2v) is 6.12. The van der Waals surface area contributed by atoms with Crippen LogP contribution in [0.25, 0.3) is 0 Å². The molecule has 122 valence electrons. The first-order valence-electron chi connectivity index (χ1n) is 7.83. The van der Waals surface area contributed by atoms with Gasteiger partial charge in [-0.25, -0.2) is 4.98 Å². The minimum absolute atomic E-state index is 0.133. The summed E-state index contributed by atoms with van der Waals surface area (Å²) in [5, 5.41) is 16.1. The second-order valence-electron chi connectivity index (χ2n) is 6.12. The monoisotopic (exact) mass is 307 g/mol. The van der Waals surface area contributed by atoms with E-state index in [9.17, 15) is 9.90 Å². The SMILES string of the molecule is CC(C)Nc1nc(N[C@H]2CCC[C@@H](O)CC2)ncc1C(N)=O. The summed E-state index contributed by atoms with van der Waals surface area (Å²) in [5.74, 6) is 0.385. The number of aliphatic hydroxyl groups excluding tert-OH is 1. The number of carbonyl (C=O) groups excluding carboxylic acids is 1. The lowest BCUT2D eigenvalue weighted by molar-refractivity contribution is 0.100. The average Bonchev–Trinajstić information content (AvgIpc) is 2.63. The molecular formula is C15H25N5O2. The second kappa shape index (κ2) is 7.40. The number of nitrogens with zero attached hydrogens (tertiary/aromatic N) is 2. The zero-order valence-corrected chi connectivity index (χ0v) is 13.2. The van der Waals surface area contributed by atoms with Crippen molar-refractivity contribution in [1.29, 1.82) is 0 Å². The van der Waals surface area contributed by atoms with E-state index in [1.54, 1.807) is 0 Å². The third kappa shape index (κ3) is 4.56. The fraction of sp³-hybridized carbons (Fsp3) is 0.667. The van der Waals surface area contributed by atoms with Crippen LogP contribution in [0.1, 0.15) is 56.3 Å².